The van der Waals surface area contributed by atoms with Gasteiger partial charge in [0.2, 0.25) is 5.88 Å². The molecule has 10 heteroatoms. The van der Waals surface area contributed by atoms with Crippen molar-refractivity contribution in [3.05, 3.63) is 94.2 Å². The van der Waals surface area contributed by atoms with E-state index in [4.69, 9.17) is 4.74 Å². The van der Waals surface area contributed by atoms with Crippen LogP contribution in [0.2, 0.25) is 0 Å². The molecule has 4 aromatic rings. The lowest BCUT2D eigenvalue weighted by molar-refractivity contribution is -0.137. The Morgan fingerprint density at radius 2 is 1.79 bits per heavy atom. The first kappa shape index (κ1) is 22.0. The zero-order chi connectivity index (χ0) is 23.6. The molecule has 0 saturated heterocycles. The molecular formula is C23H17F3N4O3. The summed E-state index contributed by atoms with van der Waals surface area (Å²) >= 11 is 0. The number of benzene rings is 2. The number of carbonyl (C=O) groups excluding carboxylic acids is 1. The Labute approximate surface area is 185 Å². The Morgan fingerprint density at radius 1 is 1.06 bits per heavy atom. The van der Waals surface area contributed by atoms with Crippen LogP contribution in [0.3, 0.4) is 0 Å². The predicted molar refractivity (Wildman–Crippen MR) is 114 cm³/mol. The molecule has 0 fully saturated rings. The van der Waals surface area contributed by atoms with Crippen LogP contribution in [-0.2, 0) is 12.7 Å². The zero-order valence-corrected chi connectivity index (χ0v) is 17.3. The van der Waals surface area contributed by atoms with Gasteiger partial charge in [0, 0.05) is 24.9 Å². The molecule has 0 saturated carbocycles. The number of pyridine rings is 1. The van der Waals surface area contributed by atoms with Crippen molar-refractivity contribution in [2.24, 2.45) is 0 Å². The van der Waals surface area contributed by atoms with Crippen molar-refractivity contribution in [3.63, 3.8) is 0 Å². The number of fused-ring (bicyclic) bond motifs is 1. The maximum Gasteiger partial charge on any atom is 0.417 e. The Morgan fingerprint density at radius 3 is 2.45 bits per heavy atom. The predicted octanol–water partition coefficient (Wildman–Crippen LogP) is 4.40. The van der Waals surface area contributed by atoms with Gasteiger partial charge in [-0.3, -0.25) is 9.59 Å². The largest absolute Gasteiger partial charge is 0.439 e. The number of amides is 1. The highest BCUT2D eigenvalue weighted by molar-refractivity contribution is 5.94. The third-order valence-corrected chi connectivity index (χ3v) is 4.78. The van der Waals surface area contributed by atoms with E-state index < -0.39 is 11.7 Å². The van der Waals surface area contributed by atoms with E-state index in [1.54, 1.807) is 31.3 Å². The highest BCUT2D eigenvalue weighted by Crippen LogP contribution is 2.30. The second-order valence-corrected chi connectivity index (χ2v) is 7.20. The molecule has 0 aliphatic heterocycles. The van der Waals surface area contributed by atoms with E-state index in [0.717, 1.165) is 12.1 Å². The number of aromatic nitrogens is 3. The maximum atomic E-state index is 12.7. The zero-order valence-electron chi connectivity index (χ0n) is 17.3. The second-order valence-electron chi connectivity index (χ2n) is 7.20. The fourth-order valence-electron chi connectivity index (χ4n) is 3.12. The van der Waals surface area contributed by atoms with Crippen molar-refractivity contribution in [3.8, 4) is 11.6 Å². The Kier molecular flexibility index (Phi) is 5.82. The minimum absolute atomic E-state index is 0.00877. The van der Waals surface area contributed by atoms with Gasteiger partial charge in [0.15, 0.2) is 0 Å². The van der Waals surface area contributed by atoms with E-state index in [2.05, 4.69) is 15.0 Å². The topological polar surface area (TPSA) is 88.2 Å². The van der Waals surface area contributed by atoms with Crippen molar-refractivity contribution < 1.29 is 22.7 Å². The van der Waals surface area contributed by atoms with E-state index in [1.165, 1.54) is 29.2 Å². The number of halogens is 3. The van der Waals surface area contributed by atoms with Crippen LogP contribution in [0.1, 0.15) is 21.7 Å². The lowest BCUT2D eigenvalue weighted by Crippen LogP contribution is -2.28. The molecule has 2 heterocycles. The molecule has 0 unspecified atom stereocenters. The van der Waals surface area contributed by atoms with Crippen LogP contribution in [0.15, 0.2) is 71.7 Å². The molecule has 1 amide bonds. The van der Waals surface area contributed by atoms with Gasteiger partial charge < -0.3 is 14.6 Å². The fourth-order valence-corrected chi connectivity index (χ4v) is 3.12. The third-order valence-electron chi connectivity index (χ3n) is 4.78. The maximum absolute atomic E-state index is 12.7. The van der Waals surface area contributed by atoms with Crippen LogP contribution in [0.25, 0.3) is 10.9 Å². The van der Waals surface area contributed by atoms with Gasteiger partial charge in [-0.2, -0.15) is 13.2 Å². The molecule has 4 rings (SSSR count). The van der Waals surface area contributed by atoms with Gasteiger partial charge >= 0.3 is 6.18 Å². The molecule has 0 spiro atoms. The van der Waals surface area contributed by atoms with Crippen LogP contribution in [-0.4, -0.2) is 32.8 Å². The number of rotatable bonds is 5. The Bertz CT molecular complexity index is 1350. The highest BCUT2D eigenvalue weighted by Gasteiger charge is 2.30. The Hall–Kier alpha value is -4.21. The lowest BCUT2D eigenvalue weighted by atomic mass is 10.2. The number of nitrogens with zero attached hydrogens (tertiary/aromatic N) is 3. The first-order valence-corrected chi connectivity index (χ1v) is 9.75. The third kappa shape index (κ3) is 5.00. The monoisotopic (exact) mass is 454 g/mol. The smallest absolute Gasteiger partial charge is 0.417 e. The summed E-state index contributed by atoms with van der Waals surface area (Å²) in [6, 6.07) is 15.0. The van der Waals surface area contributed by atoms with Crippen molar-refractivity contribution in [1.29, 1.82) is 0 Å². The lowest BCUT2D eigenvalue weighted by Gasteiger charge is -2.17. The average molecular weight is 454 g/mol. The summed E-state index contributed by atoms with van der Waals surface area (Å²) in [7, 11) is 1.58. The summed E-state index contributed by atoms with van der Waals surface area (Å²) in [5.74, 6) is 0.334. The number of hydrogen-bond acceptors (Lipinski definition) is 5. The molecule has 0 bridgehead atoms. The van der Waals surface area contributed by atoms with Crippen LogP contribution in [0.5, 0.6) is 11.6 Å². The first-order valence-electron chi connectivity index (χ1n) is 9.75. The molecule has 1 N–H and O–H groups in total. The van der Waals surface area contributed by atoms with Crippen molar-refractivity contribution in [2.45, 2.75) is 12.7 Å². The SMILES string of the molecule is CN(Cc1nc2ccccc2c(=O)[nH]1)C(=O)c1ccc(Oc2ccc(C(F)(F)F)cn2)cc1. The standard InChI is InChI=1S/C23H17F3N4O3/c1-30(13-19-28-18-5-3-2-4-17(18)21(31)29-19)22(32)14-6-9-16(10-7-14)33-20-11-8-15(12-27-20)23(24,25)26/h2-12H,13H2,1H3,(H,28,29,31). The molecule has 0 atom stereocenters. The number of aromatic amines is 1. The minimum atomic E-state index is -4.48. The normalized spacial score (nSPS) is 11.4. The fraction of sp³-hybridized carbons (Fsp3) is 0.130. The van der Waals surface area contributed by atoms with Gasteiger partial charge in [0.25, 0.3) is 11.5 Å². The van der Waals surface area contributed by atoms with Gasteiger partial charge in [-0.05, 0) is 42.5 Å². The molecule has 7 nitrogen and oxygen atoms in total. The molecule has 2 aromatic heterocycles. The minimum Gasteiger partial charge on any atom is -0.439 e. The Balaban J connectivity index is 1.43. The van der Waals surface area contributed by atoms with Crippen molar-refractivity contribution in [2.75, 3.05) is 7.05 Å². The van der Waals surface area contributed by atoms with Crippen LogP contribution in [0.4, 0.5) is 13.2 Å². The summed E-state index contributed by atoms with van der Waals surface area (Å²) in [4.78, 5) is 37.1. The van der Waals surface area contributed by atoms with Gasteiger partial charge in [-0.25, -0.2) is 9.97 Å². The molecule has 0 aliphatic rings. The van der Waals surface area contributed by atoms with E-state index in [1.807, 2.05) is 0 Å². The number of ether oxygens (including phenoxy) is 1. The van der Waals surface area contributed by atoms with E-state index in [9.17, 15) is 22.8 Å². The number of para-hydroxylation sites is 1. The molecular weight excluding hydrogens is 437 g/mol. The summed E-state index contributed by atoms with van der Waals surface area (Å²) < 4.78 is 43.3. The summed E-state index contributed by atoms with van der Waals surface area (Å²) in [6.45, 7) is 0.0899. The van der Waals surface area contributed by atoms with E-state index in [-0.39, 0.29) is 23.9 Å². The average Bonchev–Trinajstić information content (AvgIpc) is 2.79. The van der Waals surface area contributed by atoms with Crippen LogP contribution < -0.4 is 10.3 Å². The molecule has 0 aliphatic carbocycles. The van der Waals surface area contributed by atoms with Crippen LogP contribution in [0, 0.1) is 0 Å². The van der Waals surface area contributed by atoms with Gasteiger partial charge in [0.1, 0.15) is 11.6 Å². The van der Waals surface area contributed by atoms with Crippen molar-refractivity contribution >= 4 is 16.8 Å². The van der Waals surface area contributed by atoms with Crippen LogP contribution >= 0.6 is 0 Å². The summed E-state index contributed by atoms with van der Waals surface area (Å²) in [6.07, 6.45) is -3.79. The van der Waals surface area contributed by atoms with Gasteiger partial charge in [0.05, 0.1) is 23.0 Å². The van der Waals surface area contributed by atoms with Crippen molar-refractivity contribution in [1.82, 2.24) is 19.9 Å². The molecule has 2 aromatic carbocycles. The molecule has 0 radical (unpaired) electrons. The highest BCUT2D eigenvalue weighted by atomic mass is 19.4. The number of alkyl halides is 3. The molecule has 168 valence electrons. The quantitative estimate of drug-likeness (QED) is 0.483. The van der Waals surface area contributed by atoms with E-state index in [0.29, 0.717) is 34.2 Å². The first-order chi connectivity index (χ1) is 15.7. The number of hydrogen-bond donors (Lipinski definition) is 1. The van der Waals surface area contributed by atoms with E-state index >= 15 is 0 Å². The summed E-state index contributed by atoms with van der Waals surface area (Å²) in [5, 5.41) is 0.466. The second kappa shape index (κ2) is 8.73. The summed E-state index contributed by atoms with van der Waals surface area (Å²) in [5.41, 5.74) is -0.264. The number of nitrogens with one attached hydrogen (secondary N) is 1. The van der Waals surface area contributed by atoms with Gasteiger partial charge in [-0.1, -0.05) is 12.1 Å². The van der Waals surface area contributed by atoms with Gasteiger partial charge in [-0.15, -0.1) is 0 Å². The number of carbonyl (C=O) groups is 1. The molecule has 33 heavy (non-hydrogen) atoms. The number of H-pyrrole nitrogens is 1.